The van der Waals surface area contributed by atoms with Gasteiger partial charge in [-0.15, -0.1) is 0 Å². The maximum Gasteiger partial charge on any atom is 0.238 e. The third kappa shape index (κ3) is 3.89. The van der Waals surface area contributed by atoms with Crippen LogP contribution in [0.1, 0.15) is 24.2 Å². The Morgan fingerprint density at radius 1 is 1.26 bits per heavy atom. The lowest BCUT2D eigenvalue weighted by Gasteiger charge is -2.38. The lowest BCUT2D eigenvalue weighted by Crippen LogP contribution is -2.47. The van der Waals surface area contributed by atoms with Crippen LogP contribution in [0.4, 0.5) is 8.78 Å². The van der Waals surface area contributed by atoms with Crippen molar-refractivity contribution in [3.63, 3.8) is 0 Å². The Morgan fingerprint density at radius 3 is 2.63 bits per heavy atom. The Kier molecular flexibility index (Phi) is 5.34. The molecule has 27 heavy (non-hydrogen) atoms. The molecule has 2 heterocycles. The van der Waals surface area contributed by atoms with Crippen LogP contribution >= 0.6 is 0 Å². The molecule has 0 spiro atoms. The van der Waals surface area contributed by atoms with Crippen LogP contribution in [0, 0.1) is 11.6 Å². The molecule has 1 atom stereocenters. The van der Waals surface area contributed by atoms with Crippen molar-refractivity contribution in [1.29, 1.82) is 0 Å². The molecule has 1 amide bonds. The first kappa shape index (κ1) is 19.5. The Morgan fingerprint density at radius 2 is 2.00 bits per heavy atom. The second-order valence-corrected chi connectivity index (χ2v) is 8.45. The molecule has 6 nitrogen and oxygen atoms in total. The van der Waals surface area contributed by atoms with Crippen LogP contribution < -0.4 is 0 Å². The van der Waals surface area contributed by atoms with E-state index in [0.29, 0.717) is 18.8 Å². The van der Waals surface area contributed by atoms with E-state index in [9.17, 15) is 22.0 Å². The number of aromatic nitrogens is 1. The molecule has 0 N–H and O–H groups in total. The molecule has 0 saturated heterocycles. The van der Waals surface area contributed by atoms with E-state index in [0.717, 1.165) is 22.7 Å². The molecule has 2 aromatic rings. The third-order valence-electron chi connectivity index (χ3n) is 4.75. The normalized spacial score (nSPS) is 17.2. The summed E-state index contributed by atoms with van der Waals surface area (Å²) in [5.74, 6) is -1.87. The van der Waals surface area contributed by atoms with Crippen LogP contribution in [0.5, 0.6) is 0 Å². The summed E-state index contributed by atoms with van der Waals surface area (Å²) >= 11 is 0. The number of amides is 1. The predicted octanol–water partition coefficient (Wildman–Crippen LogP) is 1.98. The van der Waals surface area contributed by atoms with Crippen LogP contribution in [0.15, 0.2) is 36.5 Å². The van der Waals surface area contributed by atoms with Crippen molar-refractivity contribution < 1.29 is 22.0 Å². The zero-order chi connectivity index (χ0) is 19.8. The number of fused-ring (bicyclic) bond motifs is 1. The number of nitrogens with zero attached hydrogens (tertiary/aromatic N) is 3. The maximum atomic E-state index is 14.5. The highest BCUT2D eigenvalue weighted by molar-refractivity contribution is 7.88. The second-order valence-electron chi connectivity index (χ2n) is 6.47. The largest absolute Gasteiger partial charge is 0.348 e. The van der Waals surface area contributed by atoms with Crippen LogP contribution in [0.2, 0.25) is 0 Å². The smallest absolute Gasteiger partial charge is 0.238 e. The van der Waals surface area contributed by atoms with E-state index in [1.807, 2.05) is 10.8 Å². The molecule has 1 aliphatic rings. The van der Waals surface area contributed by atoms with Crippen molar-refractivity contribution in [2.45, 2.75) is 19.5 Å². The Hall–Kier alpha value is -2.26. The first-order chi connectivity index (χ1) is 12.7. The van der Waals surface area contributed by atoms with Gasteiger partial charge in [-0.2, -0.15) is 4.31 Å². The number of carbonyl (C=O) groups is 1. The number of hydrogen-bond donors (Lipinski definition) is 0. The average molecular weight is 397 g/mol. The topological polar surface area (TPSA) is 62.6 Å². The van der Waals surface area contributed by atoms with Gasteiger partial charge in [-0.1, -0.05) is 13.0 Å². The van der Waals surface area contributed by atoms with Gasteiger partial charge in [0, 0.05) is 43.2 Å². The molecule has 9 heteroatoms. The van der Waals surface area contributed by atoms with Crippen molar-refractivity contribution >= 4 is 15.9 Å². The number of carbonyl (C=O) groups excluding carboxylic acids is 1. The quantitative estimate of drug-likeness (QED) is 0.775. The maximum absolute atomic E-state index is 14.5. The standard InChI is InChI=1S/C18H21F2N3O3S/c1-3-22(27(2,25)26)12-17(24)23-10-9-21-8-4-5-16(21)18(23)14-7-6-13(19)11-15(14)20/h4-8,11,18H,3,9-10,12H2,1-2H3/t18-/m1/s1. The molecule has 0 saturated carbocycles. The first-order valence-corrected chi connectivity index (χ1v) is 10.4. The molecule has 0 radical (unpaired) electrons. The number of likely N-dealkylation sites (N-methyl/N-ethyl adjacent to an activating group) is 1. The van der Waals surface area contributed by atoms with Gasteiger partial charge in [-0.05, 0) is 18.2 Å². The fraction of sp³-hybridized carbons (Fsp3) is 0.389. The summed E-state index contributed by atoms with van der Waals surface area (Å²) in [5, 5.41) is 0. The van der Waals surface area contributed by atoms with Gasteiger partial charge in [0.25, 0.3) is 0 Å². The summed E-state index contributed by atoms with van der Waals surface area (Å²) in [5.41, 5.74) is 0.870. The van der Waals surface area contributed by atoms with E-state index in [-0.39, 0.29) is 18.7 Å². The van der Waals surface area contributed by atoms with Crippen molar-refractivity contribution in [2.75, 3.05) is 25.9 Å². The highest BCUT2D eigenvalue weighted by atomic mass is 32.2. The van der Waals surface area contributed by atoms with Gasteiger partial charge in [-0.25, -0.2) is 17.2 Å². The minimum absolute atomic E-state index is 0.157. The van der Waals surface area contributed by atoms with Crippen molar-refractivity contribution in [3.8, 4) is 0 Å². The minimum Gasteiger partial charge on any atom is -0.348 e. The van der Waals surface area contributed by atoms with Gasteiger partial charge >= 0.3 is 0 Å². The van der Waals surface area contributed by atoms with Gasteiger partial charge in [0.2, 0.25) is 15.9 Å². The van der Waals surface area contributed by atoms with Crippen LogP contribution in [0.25, 0.3) is 0 Å². The molecular formula is C18H21F2N3O3S. The predicted molar refractivity (Wildman–Crippen MR) is 96.4 cm³/mol. The van der Waals surface area contributed by atoms with Gasteiger partial charge in [0.15, 0.2) is 0 Å². The van der Waals surface area contributed by atoms with Crippen LogP contribution in [0.3, 0.4) is 0 Å². The lowest BCUT2D eigenvalue weighted by atomic mass is 9.99. The van der Waals surface area contributed by atoms with Gasteiger partial charge in [0.05, 0.1) is 12.8 Å². The molecule has 3 rings (SSSR count). The van der Waals surface area contributed by atoms with Crippen molar-refractivity contribution in [1.82, 2.24) is 13.8 Å². The monoisotopic (exact) mass is 397 g/mol. The van der Waals surface area contributed by atoms with Gasteiger partial charge in [0.1, 0.15) is 17.7 Å². The van der Waals surface area contributed by atoms with E-state index in [2.05, 4.69) is 0 Å². The van der Waals surface area contributed by atoms with E-state index < -0.39 is 33.6 Å². The third-order valence-corrected chi connectivity index (χ3v) is 6.07. The highest BCUT2D eigenvalue weighted by Crippen LogP contribution is 2.34. The fourth-order valence-corrected chi connectivity index (χ4v) is 4.22. The summed E-state index contributed by atoms with van der Waals surface area (Å²) in [4.78, 5) is 14.4. The Labute approximate surface area is 157 Å². The molecule has 1 aromatic heterocycles. The summed E-state index contributed by atoms with van der Waals surface area (Å²) < 4.78 is 54.5. The molecule has 0 aliphatic carbocycles. The molecule has 146 valence electrons. The molecule has 1 aromatic carbocycles. The first-order valence-electron chi connectivity index (χ1n) is 8.57. The number of hydrogen-bond acceptors (Lipinski definition) is 3. The Bertz CT molecular complexity index is 959. The molecule has 1 aliphatic heterocycles. The summed E-state index contributed by atoms with van der Waals surface area (Å²) in [6.45, 7) is 2.29. The van der Waals surface area contributed by atoms with E-state index in [1.54, 1.807) is 19.1 Å². The lowest BCUT2D eigenvalue weighted by molar-refractivity contribution is -0.134. The van der Waals surface area contributed by atoms with Gasteiger partial charge < -0.3 is 9.47 Å². The van der Waals surface area contributed by atoms with Crippen LogP contribution in [-0.4, -0.2) is 54.0 Å². The van der Waals surface area contributed by atoms with Crippen LogP contribution in [-0.2, 0) is 21.4 Å². The number of sulfonamides is 1. The molecular weight excluding hydrogens is 376 g/mol. The minimum atomic E-state index is -3.54. The second kappa shape index (κ2) is 7.40. The van der Waals surface area contributed by atoms with Crippen molar-refractivity contribution in [2.24, 2.45) is 0 Å². The molecule has 0 unspecified atom stereocenters. The summed E-state index contributed by atoms with van der Waals surface area (Å²) in [6, 6.07) is 6.09. The molecule has 0 bridgehead atoms. The zero-order valence-corrected chi connectivity index (χ0v) is 15.9. The Balaban J connectivity index is 1.99. The van der Waals surface area contributed by atoms with Gasteiger partial charge in [-0.3, -0.25) is 4.79 Å². The van der Waals surface area contributed by atoms with Crippen molar-refractivity contribution in [3.05, 3.63) is 59.4 Å². The zero-order valence-electron chi connectivity index (χ0n) is 15.1. The average Bonchev–Trinajstić information content (AvgIpc) is 3.06. The SMILES string of the molecule is CCN(CC(=O)N1CCn2cccc2[C@H]1c1ccc(F)cc1F)S(C)(=O)=O. The highest BCUT2D eigenvalue weighted by Gasteiger charge is 2.35. The van der Waals surface area contributed by atoms with E-state index >= 15 is 0 Å². The van der Waals surface area contributed by atoms with E-state index in [4.69, 9.17) is 0 Å². The summed E-state index contributed by atoms with van der Waals surface area (Å²) in [6.07, 6.45) is 2.88. The fourth-order valence-electron chi connectivity index (χ4n) is 3.41. The number of rotatable bonds is 5. The summed E-state index contributed by atoms with van der Waals surface area (Å²) in [7, 11) is -3.54. The number of benzene rings is 1. The number of halogens is 2. The molecule has 0 fully saturated rings. The van der Waals surface area contributed by atoms with E-state index in [1.165, 1.54) is 11.0 Å².